The highest BCUT2D eigenvalue weighted by atomic mass is 35.5. The molecule has 0 saturated carbocycles. The topological polar surface area (TPSA) is 145 Å². The highest BCUT2D eigenvalue weighted by Crippen LogP contribution is 2.40. The van der Waals surface area contributed by atoms with Crippen LogP contribution < -0.4 is 16.4 Å². The van der Waals surface area contributed by atoms with Crippen LogP contribution in [0.2, 0.25) is 10.2 Å². The van der Waals surface area contributed by atoms with Gasteiger partial charge in [0.15, 0.2) is 5.65 Å². The SMILES string of the molecule is Cn1nc2ccc(-c3n[nH]c4nc(N5CCC(N)(C(F)c6ccccc6)CC5)nc(C(N)=O)c34)c(Cl)c2c1Cl. The zero-order chi connectivity index (χ0) is 27.5. The summed E-state index contributed by atoms with van der Waals surface area (Å²) < 4.78 is 16.9. The molecule has 3 aromatic heterocycles. The summed E-state index contributed by atoms with van der Waals surface area (Å²) in [6.07, 6.45) is -0.575. The van der Waals surface area contributed by atoms with Crippen molar-refractivity contribution in [3.05, 3.63) is 63.9 Å². The van der Waals surface area contributed by atoms with Crippen molar-refractivity contribution in [1.82, 2.24) is 29.9 Å². The standard InChI is InChI=1S/C26H24Cl2FN9O/c1-37-22(28)16-15(36-37)8-7-14(18(16)27)19-17-20(23(30)39)32-25(33-24(17)35-34-19)38-11-9-26(31,10-12-38)21(29)13-5-3-2-4-6-13/h2-8,21H,9-12,31H2,1H3,(H2,30,39)(H,32,33,34,35). The highest BCUT2D eigenvalue weighted by Gasteiger charge is 2.40. The third-order valence-corrected chi connectivity index (χ3v) is 8.16. The smallest absolute Gasteiger partial charge is 0.268 e. The van der Waals surface area contributed by atoms with Crippen LogP contribution in [0.15, 0.2) is 42.5 Å². The van der Waals surface area contributed by atoms with Crippen LogP contribution in [0.25, 0.3) is 33.2 Å². The quantitative estimate of drug-likeness (QED) is 0.286. The molecule has 0 bridgehead atoms. The summed E-state index contributed by atoms with van der Waals surface area (Å²) >= 11 is 13.1. The van der Waals surface area contributed by atoms with E-state index in [-0.39, 0.29) is 11.6 Å². The van der Waals surface area contributed by atoms with Crippen LogP contribution in [0.5, 0.6) is 0 Å². The van der Waals surface area contributed by atoms with Gasteiger partial charge in [-0.05, 0) is 30.5 Å². The third-order valence-electron chi connectivity index (χ3n) is 7.34. The molecule has 1 atom stereocenters. The maximum absolute atomic E-state index is 15.4. The Bertz CT molecular complexity index is 1730. The molecule has 1 amide bonds. The number of hydrogen-bond donors (Lipinski definition) is 3. The largest absolute Gasteiger partial charge is 0.364 e. The Labute approximate surface area is 232 Å². The number of nitrogens with zero attached hydrogens (tertiary/aromatic N) is 6. The Morgan fingerprint density at radius 1 is 1.10 bits per heavy atom. The number of carbonyl (C=O) groups excluding carboxylic acids is 1. The van der Waals surface area contributed by atoms with Crippen LogP contribution in [0, 0.1) is 0 Å². The van der Waals surface area contributed by atoms with Gasteiger partial charge in [-0.25, -0.2) is 9.37 Å². The van der Waals surface area contributed by atoms with Crippen LogP contribution in [0.4, 0.5) is 10.3 Å². The molecule has 2 aromatic carbocycles. The number of aryl methyl sites for hydroxylation is 1. The molecule has 0 spiro atoms. The fourth-order valence-electron chi connectivity index (χ4n) is 5.16. The molecular formula is C26H24Cl2FN9O. The zero-order valence-electron chi connectivity index (χ0n) is 20.8. The molecular weight excluding hydrogens is 544 g/mol. The second-order valence-corrected chi connectivity index (χ2v) is 10.5. The van der Waals surface area contributed by atoms with Crippen molar-refractivity contribution >= 4 is 57.0 Å². The van der Waals surface area contributed by atoms with Gasteiger partial charge in [-0.1, -0.05) is 53.5 Å². The second-order valence-electron chi connectivity index (χ2n) is 9.76. The average Bonchev–Trinajstić information content (AvgIpc) is 3.49. The zero-order valence-corrected chi connectivity index (χ0v) is 22.3. The lowest BCUT2D eigenvalue weighted by molar-refractivity contribution is 0.0997. The molecule has 13 heteroatoms. The first-order valence-electron chi connectivity index (χ1n) is 12.3. The van der Waals surface area contributed by atoms with Gasteiger partial charge in [-0.2, -0.15) is 15.2 Å². The lowest BCUT2D eigenvalue weighted by Gasteiger charge is -2.41. The summed E-state index contributed by atoms with van der Waals surface area (Å²) in [7, 11) is 1.72. The van der Waals surface area contributed by atoms with E-state index in [0.717, 1.165) is 0 Å². The third kappa shape index (κ3) is 4.17. The van der Waals surface area contributed by atoms with E-state index in [2.05, 4.69) is 25.3 Å². The number of rotatable bonds is 5. The molecule has 1 fully saturated rings. The van der Waals surface area contributed by atoms with Crippen molar-refractivity contribution in [1.29, 1.82) is 0 Å². The van der Waals surface area contributed by atoms with Crippen LogP contribution >= 0.6 is 23.2 Å². The number of anilines is 1. The number of fused-ring (bicyclic) bond motifs is 2. The van der Waals surface area contributed by atoms with E-state index in [1.165, 1.54) is 4.68 Å². The Balaban J connectivity index is 1.35. The molecule has 1 saturated heterocycles. The molecule has 1 unspecified atom stereocenters. The van der Waals surface area contributed by atoms with Crippen LogP contribution in [0.1, 0.15) is 35.1 Å². The normalized spacial score (nSPS) is 16.2. The Morgan fingerprint density at radius 3 is 2.51 bits per heavy atom. The number of piperidine rings is 1. The van der Waals surface area contributed by atoms with E-state index in [1.807, 2.05) is 11.0 Å². The minimum Gasteiger partial charge on any atom is -0.364 e. The fraction of sp³-hybridized carbons (Fsp3) is 0.269. The van der Waals surface area contributed by atoms with Gasteiger partial charge in [0, 0.05) is 25.7 Å². The molecule has 39 heavy (non-hydrogen) atoms. The summed E-state index contributed by atoms with van der Waals surface area (Å²) in [5, 5.41) is 13.2. The molecule has 200 valence electrons. The lowest BCUT2D eigenvalue weighted by Crippen LogP contribution is -2.53. The maximum atomic E-state index is 15.4. The van der Waals surface area contributed by atoms with Crippen molar-refractivity contribution < 1.29 is 9.18 Å². The number of hydrogen-bond acceptors (Lipinski definition) is 7. The number of nitrogens with one attached hydrogen (secondary N) is 1. The first kappa shape index (κ1) is 25.5. The van der Waals surface area contributed by atoms with Crippen molar-refractivity contribution in [3.63, 3.8) is 0 Å². The van der Waals surface area contributed by atoms with Gasteiger partial charge in [0.05, 0.1) is 26.9 Å². The monoisotopic (exact) mass is 567 g/mol. The summed E-state index contributed by atoms with van der Waals surface area (Å²) in [5.41, 5.74) is 13.6. The van der Waals surface area contributed by atoms with Crippen molar-refractivity contribution in [2.24, 2.45) is 18.5 Å². The van der Waals surface area contributed by atoms with E-state index in [4.69, 9.17) is 34.7 Å². The summed E-state index contributed by atoms with van der Waals surface area (Å²) in [5.74, 6) is -0.471. The van der Waals surface area contributed by atoms with Gasteiger partial charge in [0.2, 0.25) is 5.95 Å². The second kappa shape index (κ2) is 9.44. The van der Waals surface area contributed by atoms with Gasteiger partial charge in [-0.15, -0.1) is 0 Å². The van der Waals surface area contributed by atoms with Gasteiger partial charge >= 0.3 is 0 Å². The molecule has 1 aliphatic rings. The number of alkyl halides is 1. The summed E-state index contributed by atoms with van der Waals surface area (Å²) in [4.78, 5) is 23.6. The predicted octanol–water partition coefficient (Wildman–Crippen LogP) is 4.32. The van der Waals surface area contributed by atoms with Gasteiger partial charge in [-0.3, -0.25) is 14.6 Å². The van der Waals surface area contributed by atoms with Crippen molar-refractivity contribution in [3.8, 4) is 11.3 Å². The van der Waals surface area contributed by atoms with E-state index >= 15 is 4.39 Å². The first-order valence-corrected chi connectivity index (χ1v) is 13.0. The molecule has 1 aliphatic heterocycles. The molecule has 0 aliphatic carbocycles. The number of nitrogens with two attached hydrogens (primary N) is 2. The van der Waals surface area contributed by atoms with E-state index in [1.54, 1.807) is 43.4 Å². The number of primary amides is 1. The Hall–Kier alpha value is -3.80. The lowest BCUT2D eigenvalue weighted by atomic mass is 9.81. The minimum atomic E-state index is -1.31. The number of H-pyrrole nitrogens is 1. The number of aromatic amines is 1. The maximum Gasteiger partial charge on any atom is 0.268 e. The number of carbonyl (C=O) groups is 1. The van der Waals surface area contributed by atoms with E-state index in [0.29, 0.717) is 74.9 Å². The van der Waals surface area contributed by atoms with Crippen molar-refractivity contribution in [2.75, 3.05) is 18.0 Å². The summed E-state index contributed by atoms with van der Waals surface area (Å²) in [6.45, 7) is 0.799. The number of halogens is 3. The van der Waals surface area contributed by atoms with Crippen molar-refractivity contribution in [2.45, 2.75) is 24.6 Å². The minimum absolute atomic E-state index is 0.00978. The van der Waals surface area contributed by atoms with E-state index in [9.17, 15) is 4.79 Å². The fourth-order valence-corrected chi connectivity index (χ4v) is 5.78. The molecule has 10 nitrogen and oxygen atoms in total. The highest BCUT2D eigenvalue weighted by molar-refractivity contribution is 6.43. The van der Waals surface area contributed by atoms with Crippen LogP contribution in [-0.2, 0) is 7.05 Å². The molecule has 5 N–H and O–H groups in total. The Kier molecular flexibility index (Phi) is 6.17. The van der Waals surface area contributed by atoms with Gasteiger partial charge < -0.3 is 16.4 Å². The molecule has 6 rings (SSSR count). The number of amides is 1. The molecule has 0 radical (unpaired) electrons. The van der Waals surface area contributed by atoms with Crippen LogP contribution in [0.3, 0.4) is 0 Å². The predicted molar refractivity (Wildman–Crippen MR) is 149 cm³/mol. The Morgan fingerprint density at radius 2 is 1.82 bits per heavy atom. The van der Waals surface area contributed by atoms with Gasteiger partial charge in [0.25, 0.3) is 5.91 Å². The average molecular weight is 568 g/mol. The number of benzene rings is 2. The first-order chi connectivity index (χ1) is 18.7. The molecule has 5 aromatic rings. The van der Waals surface area contributed by atoms with Gasteiger partial charge in [0.1, 0.15) is 22.7 Å². The van der Waals surface area contributed by atoms with E-state index < -0.39 is 17.6 Å². The molecule has 4 heterocycles. The van der Waals surface area contributed by atoms with Crippen LogP contribution in [-0.4, -0.2) is 54.5 Å². The summed E-state index contributed by atoms with van der Waals surface area (Å²) in [6, 6.07) is 12.4. The number of aromatic nitrogens is 6.